The lowest BCUT2D eigenvalue weighted by Crippen LogP contribution is -2.44. The molecule has 4 rings (SSSR count). The van der Waals surface area contributed by atoms with Crippen molar-refractivity contribution >= 4 is 11.8 Å². The average Bonchev–Trinajstić information content (AvgIpc) is 3.10. The van der Waals surface area contributed by atoms with Crippen molar-refractivity contribution in [2.45, 2.75) is 51.7 Å². The molecular formula is C22H28N4O3. The van der Waals surface area contributed by atoms with E-state index in [9.17, 15) is 4.79 Å². The Morgan fingerprint density at radius 1 is 1.28 bits per heavy atom. The third kappa shape index (κ3) is 4.28. The molecule has 4 heterocycles. The number of hydrogen-bond donors (Lipinski definition) is 1. The predicted molar refractivity (Wildman–Crippen MR) is 111 cm³/mol. The first-order chi connectivity index (χ1) is 13.8. The van der Waals surface area contributed by atoms with Crippen LogP contribution in [0.15, 0.2) is 30.7 Å². The summed E-state index contributed by atoms with van der Waals surface area (Å²) >= 11 is 0. The lowest BCUT2D eigenvalue weighted by molar-refractivity contribution is 0.0123. The summed E-state index contributed by atoms with van der Waals surface area (Å²) < 4.78 is 11.7. The van der Waals surface area contributed by atoms with Gasteiger partial charge in [0.2, 0.25) is 0 Å². The standard InChI is InChI=1S/C22H28N4O3/c1-22(2,3)29-21(27)26-8-5-14(6-9-26)19-11-15-10-18(25-13-20(15)28-19)16-4-7-24-12-17(16)23/h4,7,10,12-14,19H,5-6,8-9,11,23H2,1-3H3. The number of ether oxygens (including phenoxy) is 2. The molecule has 7 heteroatoms. The van der Waals surface area contributed by atoms with E-state index in [4.69, 9.17) is 15.2 Å². The van der Waals surface area contributed by atoms with Gasteiger partial charge in [0, 0.05) is 36.8 Å². The zero-order chi connectivity index (χ0) is 20.6. The third-order valence-corrected chi connectivity index (χ3v) is 5.49. The zero-order valence-electron chi connectivity index (χ0n) is 17.2. The second kappa shape index (κ2) is 7.54. The van der Waals surface area contributed by atoms with Gasteiger partial charge in [-0.1, -0.05) is 0 Å². The van der Waals surface area contributed by atoms with Crippen LogP contribution in [-0.2, 0) is 11.2 Å². The monoisotopic (exact) mass is 396 g/mol. The summed E-state index contributed by atoms with van der Waals surface area (Å²) in [5.74, 6) is 1.26. The van der Waals surface area contributed by atoms with Gasteiger partial charge in [0.05, 0.1) is 23.8 Å². The SMILES string of the molecule is CC(C)(C)OC(=O)N1CCC(C2Cc3cc(-c4ccncc4N)ncc3O2)CC1. The smallest absolute Gasteiger partial charge is 0.410 e. The molecule has 2 aromatic rings. The van der Waals surface area contributed by atoms with E-state index in [1.165, 1.54) is 0 Å². The van der Waals surface area contributed by atoms with Crippen LogP contribution in [0, 0.1) is 5.92 Å². The van der Waals surface area contributed by atoms with Gasteiger partial charge in [0.25, 0.3) is 0 Å². The molecule has 1 saturated heterocycles. The van der Waals surface area contributed by atoms with E-state index in [1.807, 2.05) is 26.8 Å². The van der Waals surface area contributed by atoms with Gasteiger partial charge in [-0.2, -0.15) is 0 Å². The number of nitrogens with two attached hydrogens (primary N) is 1. The molecule has 2 aliphatic rings. The summed E-state index contributed by atoms with van der Waals surface area (Å²) in [5.41, 5.74) is 9.08. The van der Waals surface area contributed by atoms with E-state index >= 15 is 0 Å². The number of anilines is 1. The number of rotatable bonds is 2. The van der Waals surface area contributed by atoms with E-state index in [2.05, 4.69) is 16.0 Å². The minimum absolute atomic E-state index is 0.123. The second-order valence-electron chi connectivity index (χ2n) is 8.81. The summed E-state index contributed by atoms with van der Waals surface area (Å²) in [5, 5.41) is 0. The summed E-state index contributed by atoms with van der Waals surface area (Å²) in [6.07, 6.45) is 7.73. The normalized spacial score (nSPS) is 19.6. The van der Waals surface area contributed by atoms with E-state index in [-0.39, 0.29) is 12.2 Å². The zero-order valence-corrected chi connectivity index (χ0v) is 17.2. The van der Waals surface area contributed by atoms with Crippen LogP contribution >= 0.6 is 0 Å². The molecule has 1 amide bonds. The van der Waals surface area contributed by atoms with Gasteiger partial charge >= 0.3 is 6.09 Å². The first-order valence-corrected chi connectivity index (χ1v) is 10.1. The molecule has 154 valence electrons. The van der Waals surface area contributed by atoms with Crippen molar-refractivity contribution in [1.29, 1.82) is 0 Å². The summed E-state index contributed by atoms with van der Waals surface area (Å²) in [4.78, 5) is 22.6. The quantitative estimate of drug-likeness (QED) is 0.833. The van der Waals surface area contributed by atoms with Gasteiger partial charge in [-0.3, -0.25) is 9.97 Å². The molecular weight excluding hydrogens is 368 g/mol. The fraction of sp³-hybridized carbons (Fsp3) is 0.500. The minimum Gasteiger partial charge on any atom is -0.488 e. The number of nitrogen functional groups attached to an aromatic ring is 1. The van der Waals surface area contributed by atoms with Crippen molar-refractivity contribution in [3.63, 3.8) is 0 Å². The number of fused-ring (bicyclic) bond motifs is 1. The van der Waals surface area contributed by atoms with Crippen LogP contribution < -0.4 is 10.5 Å². The van der Waals surface area contributed by atoms with Crippen molar-refractivity contribution in [2.24, 2.45) is 5.92 Å². The molecule has 2 N–H and O–H groups in total. The maximum atomic E-state index is 12.3. The van der Waals surface area contributed by atoms with Gasteiger partial charge < -0.3 is 20.1 Å². The van der Waals surface area contributed by atoms with Crippen LogP contribution in [0.25, 0.3) is 11.3 Å². The number of likely N-dealkylation sites (tertiary alicyclic amines) is 1. The number of nitrogens with zero attached hydrogens (tertiary/aromatic N) is 3. The highest BCUT2D eigenvalue weighted by Gasteiger charge is 2.35. The minimum atomic E-state index is -0.465. The van der Waals surface area contributed by atoms with Crippen LogP contribution in [0.3, 0.4) is 0 Å². The van der Waals surface area contributed by atoms with E-state index in [1.54, 1.807) is 23.5 Å². The molecule has 0 spiro atoms. The van der Waals surface area contributed by atoms with Gasteiger partial charge in [0.1, 0.15) is 17.5 Å². The molecule has 29 heavy (non-hydrogen) atoms. The number of hydrogen-bond acceptors (Lipinski definition) is 6. The molecule has 1 fully saturated rings. The van der Waals surface area contributed by atoms with Crippen molar-refractivity contribution < 1.29 is 14.3 Å². The maximum absolute atomic E-state index is 12.3. The van der Waals surface area contributed by atoms with Crippen molar-refractivity contribution in [2.75, 3.05) is 18.8 Å². The number of carbonyl (C=O) groups excluding carboxylic acids is 1. The summed E-state index contributed by atoms with van der Waals surface area (Å²) in [6.45, 7) is 7.08. The van der Waals surface area contributed by atoms with Crippen LogP contribution in [0.2, 0.25) is 0 Å². The molecule has 0 saturated carbocycles. The Bertz CT molecular complexity index is 901. The van der Waals surface area contributed by atoms with Crippen LogP contribution in [-0.4, -0.2) is 45.8 Å². The lowest BCUT2D eigenvalue weighted by atomic mass is 9.89. The first-order valence-electron chi connectivity index (χ1n) is 10.1. The van der Waals surface area contributed by atoms with Crippen LogP contribution in [0.5, 0.6) is 5.75 Å². The largest absolute Gasteiger partial charge is 0.488 e. The fourth-order valence-electron chi connectivity index (χ4n) is 4.00. The highest BCUT2D eigenvalue weighted by Crippen LogP contribution is 2.37. The average molecular weight is 396 g/mol. The highest BCUT2D eigenvalue weighted by molar-refractivity contribution is 5.73. The Morgan fingerprint density at radius 3 is 2.72 bits per heavy atom. The topological polar surface area (TPSA) is 90.6 Å². The lowest BCUT2D eigenvalue weighted by Gasteiger charge is -2.35. The number of amides is 1. The molecule has 2 aliphatic heterocycles. The van der Waals surface area contributed by atoms with Crippen molar-refractivity contribution in [3.05, 3.63) is 36.3 Å². The molecule has 0 aliphatic carbocycles. The van der Waals surface area contributed by atoms with Gasteiger partial charge in [-0.15, -0.1) is 0 Å². The number of carbonyl (C=O) groups is 1. The molecule has 7 nitrogen and oxygen atoms in total. The van der Waals surface area contributed by atoms with Crippen LogP contribution in [0.1, 0.15) is 39.2 Å². The summed E-state index contributed by atoms with van der Waals surface area (Å²) in [7, 11) is 0. The van der Waals surface area contributed by atoms with E-state index in [0.29, 0.717) is 24.7 Å². The van der Waals surface area contributed by atoms with Gasteiger partial charge in [-0.25, -0.2) is 4.79 Å². The van der Waals surface area contributed by atoms with Crippen molar-refractivity contribution in [1.82, 2.24) is 14.9 Å². The molecule has 0 aromatic carbocycles. The summed E-state index contributed by atoms with van der Waals surface area (Å²) in [6, 6.07) is 3.95. The number of aromatic nitrogens is 2. The predicted octanol–water partition coefficient (Wildman–Crippen LogP) is 3.68. The molecule has 1 atom stereocenters. The Morgan fingerprint density at radius 2 is 2.03 bits per heavy atom. The molecule has 1 unspecified atom stereocenters. The second-order valence-corrected chi connectivity index (χ2v) is 8.81. The van der Waals surface area contributed by atoms with Gasteiger partial charge in [0.15, 0.2) is 0 Å². The number of piperidine rings is 1. The molecule has 0 radical (unpaired) electrons. The van der Waals surface area contributed by atoms with E-state index in [0.717, 1.165) is 41.8 Å². The molecule has 0 bridgehead atoms. The number of pyridine rings is 2. The van der Waals surface area contributed by atoms with Gasteiger partial charge in [-0.05, 0) is 51.7 Å². The first kappa shape index (κ1) is 19.5. The highest BCUT2D eigenvalue weighted by atomic mass is 16.6. The maximum Gasteiger partial charge on any atom is 0.410 e. The van der Waals surface area contributed by atoms with Crippen LogP contribution in [0.4, 0.5) is 10.5 Å². The third-order valence-electron chi connectivity index (χ3n) is 5.49. The Hall–Kier alpha value is -2.83. The molecule has 2 aromatic heterocycles. The fourth-order valence-corrected chi connectivity index (χ4v) is 4.00. The Balaban J connectivity index is 1.38. The Labute approximate surface area is 171 Å². The van der Waals surface area contributed by atoms with E-state index < -0.39 is 5.60 Å². The Kier molecular flexibility index (Phi) is 5.06. The van der Waals surface area contributed by atoms with Crippen molar-refractivity contribution in [3.8, 4) is 17.0 Å².